The predicted octanol–water partition coefficient (Wildman–Crippen LogP) is 2.78. The Bertz CT molecular complexity index is 858. The van der Waals surface area contributed by atoms with E-state index in [4.69, 9.17) is 4.74 Å². The van der Waals surface area contributed by atoms with E-state index in [0.717, 1.165) is 11.3 Å². The molecule has 0 amide bonds. The summed E-state index contributed by atoms with van der Waals surface area (Å²) in [4.78, 5) is 0. The van der Waals surface area contributed by atoms with E-state index in [-0.39, 0.29) is 19.0 Å². The van der Waals surface area contributed by atoms with E-state index in [1.54, 1.807) is 22.9 Å². The summed E-state index contributed by atoms with van der Waals surface area (Å²) in [7, 11) is 0. The van der Waals surface area contributed by atoms with Crippen LogP contribution < -0.4 is 0 Å². The Labute approximate surface area is 155 Å². The molecule has 3 aromatic rings. The third kappa shape index (κ3) is 4.87. The number of nitrogens with zero attached hydrogens (tertiary/aromatic N) is 4. The van der Waals surface area contributed by atoms with Gasteiger partial charge in [-0.25, -0.2) is 4.39 Å². The molecule has 0 fully saturated rings. The van der Waals surface area contributed by atoms with Crippen LogP contribution in [0.4, 0.5) is 4.39 Å². The highest BCUT2D eigenvalue weighted by Gasteiger charge is 2.13. The minimum atomic E-state index is -0.713. The molecule has 0 bridgehead atoms. The van der Waals surface area contributed by atoms with Crippen molar-refractivity contribution in [3.63, 3.8) is 0 Å². The molecular weight excluding hydrogens is 355 g/mol. The molecule has 8 heteroatoms. The molecule has 0 saturated heterocycles. The number of aromatic nitrogens is 4. The van der Waals surface area contributed by atoms with Gasteiger partial charge in [0.05, 0.1) is 25.0 Å². The third-order valence-electron chi connectivity index (χ3n) is 3.62. The van der Waals surface area contributed by atoms with Gasteiger partial charge in [0.2, 0.25) is 5.16 Å². The lowest BCUT2D eigenvalue weighted by molar-refractivity contribution is 0.0386. The molecule has 26 heavy (non-hydrogen) atoms. The van der Waals surface area contributed by atoms with Crippen molar-refractivity contribution in [2.24, 2.45) is 0 Å². The average Bonchev–Trinajstić information content (AvgIpc) is 3.10. The van der Waals surface area contributed by atoms with Crippen molar-refractivity contribution in [2.75, 3.05) is 12.4 Å². The number of halogens is 1. The first-order valence-electron chi connectivity index (χ1n) is 8.11. The fraction of sp³-hybridized carbons (Fsp3) is 0.278. The molecule has 0 saturated carbocycles. The lowest BCUT2D eigenvalue weighted by Crippen LogP contribution is -2.18. The Morgan fingerprint density at radius 1 is 1.23 bits per heavy atom. The highest BCUT2D eigenvalue weighted by molar-refractivity contribution is 7.99. The van der Waals surface area contributed by atoms with Gasteiger partial charge in [-0.2, -0.15) is 4.68 Å². The zero-order chi connectivity index (χ0) is 18.4. The van der Waals surface area contributed by atoms with Crippen LogP contribution in [-0.4, -0.2) is 43.8 Å². The van der Waals surface area contributed by atoms with Crippen LogP contribution in [0, 0.1) is 12.7 Å². The zero-order valence-electron chi connectivity index (χ0n) is 14.2. The first kappa shape index (κ1) is 18.5. The Morgan fingerprint density at radius 2 is 2.08 bits per heavy atom. The number of benzene rings is 2. The molecule has 136 valence electrons. The van der Waals surface area contributed by atoms with Gasteiger partial charge in [0, 0.05) is 11.3 Å². The Morgan fingerprint density at radius 3 is 2.88 bits per heavy atom. The zero-order valence-corrected chi connectivity index (χ0v) is 15.1. The Hall–Kier alpha value is -2.29. The summed E-state index contributed by atoms with van der Waals surface area (Å²) in [5, 5.41) is 22.4. The van der Waals surface area contributed by atoms with Gasteiger partial charge in [0.1, 0.15) is 5.82 Å². The van der Waals surface area contributed by atoms with Crippen molar-refractivity contribution < 1.29 is 14.2 Å². The standard InChI is InChI=1S/C18H19FN4O2S/c1-13-5-4-7-15(9-13)23-18(20-21-22-23)26-12-16(24)11-25-10-14-6-2-3-8-17(14)19/h2-9,16,24H,10-12H2,1H3/t16-/m0/s1. The van der Waals surface area contributed by atoms with Crippen molar-refractivity contribution in [1.82, 2.24) is 20.2 Å². The molecule has 6 nitrogen and oxygen atoms in total. The number of aliphatic hydroxyl groups excluding tert-OH is 1. The van der Waals surface area contributed by atoms with E-state index >= 15 is 0 Å². The topological polar surface area (TPSA) is 73.1 Å². The first-order valence-corrected chi connectivity index (χ1v) is 9.09. The van der Waals surface area contributed by atoms with Crippen LogP contribution in [0.1, 0.15) is 11.1 Å². The number of rotatable bonds is 8. The number of tetrazole rings is 1. The molecule has 2 aromatic carbocycles. The van der Waals surface area contributed by atoms with E-state index < -0.39 is 6.10 Å². The number of hydrogen-bond acceptors (Lipinski definition) is 6. The summed E-state index contributed by atoms with van der Waals surface area (Å²) in [5.74, 6) is 0.0532. The molecule has 0 aliphatic carbocycles. The maximum atomic E-state index is 13.5. The fourth-order valence-corrected chi connectivity index (χ4v) is 3.13. The summed E-state index contributed by atoms with van der Waals surface area (Å²) in [6, 6.07) is 14.3. The van der Waals surface area contributed by atoms with Gasteiger partial charge in [0.25, 0.3) is 0 Å². The van der Waals surface area contributed by atoms with Gasteiger partial charge in [-0.3, -0.25) is 0 Å². The minimum Gasteiger partial charge on any atom is -0.390 e. The SMILES string of the molecule is Cc1cccc(-n2nnnc2SC[C@@H](O)COCc2ccccc2F)c1. The quantitative estimate of drug-likeness (QED) is 0.611. The average molecular weight is 374 g/mol. The van der Waals surface area contributed by atoms with Crippen molar-refractivity contribution in [3.05, 3.63) is 65.5 Å². The molecule has 0 aliphatic rings. The molecular formula is C18H19FN4O2S. The fourth-order valence-electron chi connectivity index (χ4n) is 2.33. The molecule has 0 radical (unpaired) electrons. The van der Waals surface area contributed by atoms with Gasteiger partial charge in [-0.15, -0.1) is 5.10 Å². The van der Waals surface area contributed by atoms with Crippen molar-refractivity contribution >= 4 is 11.8 Å². The largest absolute Gasteiger partial charge is 0.390 e. The number of aryl methyl sites for hydroxylation is 1. The second kappa shape index (κ2) is 8.88. The normalized spacial score (nSPS) is 12.3. The van der Waals surface area contributed by atoms with Gasteiger partial charge in [0.15, 0.2) is 0 Å². The molecule has 3 rings (SSSR count). The number of thioether (sulfide) groups is 1. The van der Waals surface area contributed by atoms with Gasteiger partial charge in [-0.05, 0) is 41.1 Å². The highest BCUT2D eigenvalue weighted by Crippen LogP contribution is 2.19. The summed E-state index contributed by atoms with van der Waals surface area (Å²) in [5.41, 5.74) is 2.44. The monoisotopic (exact) mass is 374 g/mol. The van der Waals surface area contributed by atoms with Crippen LogP contribution in [0.25, 0.3) is 5.69 Å². The lowest BCUT2D eigenvalue weighted by atomic mass is 10.2. The molecule has 1 N–H and O–H groups in total. The van der Waals surface area contributed by atoms with Gasteiger partial charge < -0.3 is 9.84 Å². The number of hydrogen-bond donors (Lipinski definition) is 1. The second-order valence-corrected chi connectivity index (χ2v) is 6.77. The van der Waals surface area contributed by atoms with Crippen LogP contribution in [0.15, 0.2) is 53.7 Å². The van der Waals surface area contributed by atoms with E-state index in [9.17, 15) is 9.50 Å². The van der Waals surface area contributed by atoms with Crippen LogP contribution >= 0.6 is 11.8 Å². The lowest BCUT2D eigenvalue weighted by Gasteiger charge is -2.11. The predicted molar refractivity (Wildman–Crippen MR) is 96.7 cm³/mol. The van der Waals surface area contributed by atoms with Gasteiger partial charge >= 0.3 is 0 Å². The molecule has 0 aliphatic heterocycles. The molecule has 1 aromatic heterocycles. The summed E-state index contributed by atoms with van der Waals surface area (Å²) >= 11 is 1.33. The van der Waals surface area contributed by atoms with Crippen LogP contribution in [0.2, 0.25) is 0 Å². The molecule has 1 heterocycles. The van der Waals surface area contributed by atoms with Crippen molar-refractivity contribution in [3.8, 4) is 5.69 Å². The van der Waals surface area contributed by atoms with E-state index in [2.05, 4.69) is 15.5 Å². The van der Waals surface area contributed by atoms with E-state index in [0.29, 0.717) is 16.5 Å². The molecule has 0 spiro atoms. The third-order valence-corrected chi connectivity index (χ3v) is 4.68. The Balaban J connectivity index is 1.50. The number of aliphatic hydroxyl groups is 1. The maximum Gasteiger partial charge on any atom is 0.214 e. The van der Waals surface area contributed by atoms with Crippen LogP contribution in [0.3, 0.4) is 0 Å². The van der Waals surface area contributed by atoms with Gasteiger partial charge in [-0.1, -0.05) is 42.1 Å². The minimum absolute atomic E-state index is 0.105. The highest BCUT2D eigenvalue weighted by atomic mass is 32.2. The Kier molecular flexibility index (Phi) is 6.32. The van der Waals surface area contributed by atoms with Crippen molar-refractivity contribution in [1.29, 1.82) is 0 Å². The first-order chi connectivity index (χ1) is 12.6. The van der Waals surface area contributed by atoms with Crippen LogP contribution in [0.5, 0.6) is 0 Å². The molecule has 0 unspecified atom stereocenters. The van der Waals surface area contributed by atoms with E-state index in [1.165, 1.54) is 17.8 Å². The van der Waals surface area contributed by atoms with E-state index in [1.807, 2.05) is 31.2 Å². The summed E-state index contributed by atoms with van der Waals surface area (Å²) in [6.07, 6.45) is -0.713. The maximum absolute atomic E-state index is 13.5. The summed E-state index contributed by atoms with van der Waals surface area (Å²) < 4.78 is 20.5. The number of ether oxygens (including phenoxy) is 1. The second-order valence-electron chi connectivity index (χ2n) is 5.78. The molecule has 1 atom stereocenters. The van der Waals surface area contributed by atoms with Crippen molar-refractivity contribution in [2.45, 2.75) is 24.8 Å². The smallest absolute Gasteiger partial charge is 0.214 e. The summed E-state index contributed by atoms with van der Waals surface area (Å²) in [6.45, 7) is 2.22. The van der Waals surface area contributed by atoms with Crippen LogP contribution in [-0.2, 0) is 11.3 Å².